The zero-order chi connectivity index (χ0) is 18.6. The van der Waals surface area contributed by atoms with Crippen LogP contribution in [0.15, 0.2) is 72.1 Å². The first-order valence-corrected chi connectivity index (χ1v) is 10.1. The molecule has 0 amide bonds. The van der Waals surface area contributed by atoms with Crippen molar-refractivity contribution >= 4 is 22.8 Å². The summed E-state index contributed by atoms with van der Waals surface area (Å²) >= 11 is 1.75. The molecule has 2 heterocycles. The second kappa shape index (κ2) is 7.84. The number of benzene rings is 2. The number of hydrogen-bond acceptors (Lipinski definition) is 4. The summed E-state index contributed by atoms with van der Waals surface area (Å²) in [5.74, 6) is 1.84. The molecule has 4 aromatic rings. The minimum absolute atomic E-state index is 0.661. The third-order valence-corrected chi connectivity index (χ3v) is 5.21. The van der Waals surface area contributed by atoms with E-state index < -0.39 is 0 Å². The van der Waals surface area contributed by atoms with Gasteiger partial charge in [-0.25, -0.2) is 9.97 Å². The summed E-state index contributed by atoms with van der Waals surface area (Å²) in [7, 11) is 0. The van der Waals surface area contributed by atoms with Crippen molar-refractivity contribution in [2.75, 3.05) is 12.4 Å². The van der Waals surface area contributed by atoms with Crippen molar-refractivity contribution < 1.29 is 4.74 Å². The van der Waals surface area contributed by atoms with E-state index in [1.807, 2.05) is 25.1 Å². The second-order valence-corrected chi connectivity index (χ2v) is 7.27. The van der Waals surface area contributed by atoms with Crippen LogP contribution in [0.1, 0.15) is 13.8 Å². The number of nitrogens with zero attached hydrogens (tertiary/aromatic N) is 3. The van der Waals surface area contributed by atoms with E-state index in [9.17, 15) is 0 Å². The number of thioether (sulfide) groups is 1. The molecule has 0 aliphatic carbocycles. The Labute approximate surface area is 163 Å². The topological polar surface area (TPSA) is 39.9 Å². The van der Waals surface area contributed by atoms with Gasteiger partial charge in [0.1, 0.15) is 22.7 Å². The lowest BCUT2D eigenvalue weighted by Gasteiger charge is -2.07. The number of fused-ring (bicyclic) bond motifs is 1. The summed E-state index contributed by atoms with van der Waals surface area (Å²) < 4.78 is 7.71. The maximum Gasteiger partial charge on any atom is 0.149 e. The Morgan fingerprint density at radius 2 is 1.74 bits per heavy atom. The van der Waals surface area contributed by atoms with Crippen molar-refractivity contribution in [2.24, 2.45) is 0 Å². The molecule has 0 aliphatic heterocycles. The van der Waals surface area contributed by atoms with Gasteiger partial charge in [0.2, 0.25) is 0 Å². The molecule has 136 valence electrons. The number of hydrogen-bond donors (Lipinski definition) is 0. The Hall–Kier alpha value is -2.79. The lowest BCUT2D eigenvalue weighted by atomic mass is 10.1. The molecule has 0 saturated carbocycles. The van der Waals surface area contributed by atoms with Crippen LogP contribution in [0, 0.1) is 0 Å². The molecular weight excluding hydrogens is 354 g/mol. The summed E-state index contributed by atoms with van der Waals surface area (Å²) in [6.07, 6.45) is 3.81. The summed E-state index contributed by atoms with van der Waals surface area (Å²) in [5, 5.41) is 2.12. The maximum atomic E-state index is 5.57. The average Bonchev–Trinajstić information content (AvgIpc) is 3.11. The number of rotatable bonds is 6. The first-order valence-electron chi connectivity index (χ1n) is 9.09. The fourth-order valence-corrected chi connectivity index (χ4v) is 3.92. The quantitative estimate of drug-likeness (QED) is 0.325. The molecule has 0 N–H and O–H groups in total. The van der Waals surface area contributed by atoms with Crippen molar-refractivity contribution in [2.45, 2.75) is 18.9 Å². The summed E-state index contributed by atoms with van der Waals surface area (Å²) in [5.41, 5.74) is 4.29. The molecule has 2 aromatic heterocycles. The van der Waals surface area contributed by atoms with Gasteiger partial charge in [-0.15, -0.1) is 11.8 Å². The average molecular weight is 375 g/mol. The molecule has 0 radical (unpaired) electrons. The number of ether oxygens (including phenoxy) is 1. The van der Waals surface area contributed by atoms with Crippen LogP contribution in [-0.4, -0.2) is 26.9 Å². The maximum absolute atomic E-state index is 5.57. The van der Waals surface area contributed by atoms with Gasteiger partial charge in [-0.1, -0.05) is 37.3 Å². The van der Waals surface area contributed by atoms with Gasteiger partial charge in [0, 0.05) is 17.4 Å². The zero-order valence-corrected chi connectivity index (χ0v) is 16.2. The summed E-state index contributed by atoms with van der Waals surface area (Å²) in [6, 6.07) is 18.5. The van der Waals surface area contributed by atoms with Crippen molar-refractivity contribution in [1.82, 2.24) is 14.5 Å². The van der Waals surface area contributed by atoms with Gasteiger partial charge in [-0.3, -0.25) is 0 Å². The zero-order valence-electron chi connectivity index (χ0n) is 15.4. The van der Waals surface area contributed by atoms with E-state index in [1.54, 1.807) is 18.1 Å². The minimum atomic E-state index is 0.661. The molecule has 4 rings (SSSR count). The fourth-order valence-electron chi connectivity index (χ4n) is 3.18. The molecule has 5 heteroatoms. The normalized spacial score (nSPS) is 11.0. The van der Waals surface area contributed by atoms with Crippen LogP contribution in [0.5, 0.6) is 5.75 Å². The van der Waals surface area contributed by atoms with Crippen molar-refractivity contribution in [3.63, 3.8) is 0 Å². The van der Waals surface area contributed by atoms with E-state index in [4.69, 9.17) is 4.74 Å². The van der Waals surface area contributed by atoms with E-state index in [0.717, 1.165) is 38.8 Å². The Kier molecular flexibility index (Phi) is 5.12. The molecule has 0 fully saturated rings. The lowest BCUT2D eigenvalue weighted by Crippen LogP contribution is -1.96. The smallest absolute Gasteiger partial charge is 0.149 e. The molecular formula is C22H21N3OS. The SMILES string of the molecule is CCOc1ccc(-n2cc(-c3ccccc3)c3c(SCC)ncnc32)cc1. The van der Waals surface area contributed by atoms with Gasteiger partial charge in [0.05, 0.1) is 12.0 Å². The van der Waals surface area contributed by atoms with Crippen molar-refractivity contribution in [3.8, 4) is 22.6 Å². The molecule has 0 bridgehead atoms. The van der Waals surface area contributed by atoms with E-state index in [-0.39, 0.29) is 0 Å². The van der Waals surface area contributed by atoms with Crippen LogP contribution >= 0.6 is 11.8 Å². The van der Waals surface area contributed by atoms with E-state index in [2.05, 4.69) is 64.1 Å². The van der Waals surface area contributed by atoms with Crippen LogP contribution in [0.4, 0.5) is 0 Å². The molecule has 0 unspecified atom stereocenters. The van der Waals surface area contributed by atoms with Gasteiger partial charge in [-0.05, 0) is 42.5 Å². The Bertz CT molecular complexity index is 1040. The van der Waals surface area contributed by atoms with Gasteiger partial charge in [-0.2, -0.15) is 0 Å². The third-order valence-electron chi connectivity index (χ3n) is 4.34. The standard InChI is InChI=1S/C22H21N3OS/c1-3-26-18-12-10-17(11-13-18)25-14-19(16-8-6-5-7-9-16)20-21(25)23-15-24-22(20)27-4-2/h5-15H,3-4H2,1-2H3. The van der Waals surface area contributed by atoms with Crippen molar-refractivity contribution in [1.29, 1.82) is 0 Å². The highest BCUT2D eigenvalue weighted by Crippen LogP contribution is 2.36. The largest absolute Gasteiger partial charge is 0.494 e. The van der Waals surface area contributed by atoms with Crippen LogP contribution in [0.3, 0.4) is 0 Å². The Morgan fingerprint density at radius 1 is 0.963 bits per heavy atom. The Balaban J connectivity index is 1.92. The van der Waals surface area contributed by atoms with Crippen LogP contribution in [0.2, 0.25) is 0 Å². The molecule has 2 aromatic carbocycles. The highest BCUT2D eigenvalue weighted by Gasteiger charge is 2.17. The third kappa shape index (κ3) is 3.43. The molecule has 4 nitrogen and oxygen atoms in total. The summed E-state index contributed by atoms with van der Waals surface area (Å²) in [4.78, 5) is 9.16. The summed E-state index contributed by atoms with van der Waals surface area (Å²) in [6.45, 7) is 4.79. The highest BCUT2D eigenvalue weighted by atomic mass is 32.2. The molecule has 0 atom stereocenters. The fraction of sp³-hybridized carbons (Fsp3) is 0.182. The predicted molar refractivity (Wildman–Crippen MR) is 112 cm³/mol. The van der Waals surface area contributed by atoms with Crippen LogP contribution in [0.25, 0.3) is 27.8 Å². The van der Waals surface area contributed by atoms with Gasteiger partial charge < -0.3 is 9.30 Å². The van der Waals surface area contributed by atoms with Crippen LogP contribution in [-0.2, 0) is 0 Å². The van der Waals surface area contributed by atoms with Crippen LogP contribution < -0.4 is 4.74 Å². The molecule has 27 heavy (non-hydrogen) atoms. The number of aromatic nitrogens is 3. The van der Waals surface area contributed by atoms with E-state index in [1.165, 1.54) is 5.56 Å². The molecule has 0 spiro atoms. The lowest BCUT2D eigenvalue weighted by molar-refractivity contribution is 0.340. The van der Waals surface area contributed by atoms with Gasteiger partial charge >= 0.3 is 0 Å². The van der Waals surface area contributed by atoms with Crippen molar-refractivity contribution in [3.05, 3.63) is 67.1 Å². The monoisotopic (exact) mass is 375 g/mol. The van der Waals surface area contributed by atoms with E-state index >= 15 is 0 Å². The van der Waals surface area contributed by atoms with Gasteiger partial charge in [0.25, 0.3) is 0 Å². The molecule has 0 aliphatic rings. The van der Waals surface area contributed by atoms with E-state index in [0.29, 0.717) is 6.61 Å². The van der Waals surface area contributed by atoms with Gasteiger partial charge in [0.15, 0.2) is 0 Å². The minimum Gasteiger partial charge on any atom is -0.494 e. The highest BCUT2D eigenvalue weighted by molar-refractivity contribution is 7.99. The first-order chi connectivity index (χ1) is 13.3. The molecule has 0 saturated heterocycles. The first kappa shape index (κ1) is 17.6. The predicted octanol–water partition coefficient (Wildman–Crippen LogP) is 5.60. The Morgan fingerprint density at radius 3 is 2.44 bits per heavy atom. The second-order valence-electron chi connectivity index (χ2n) is 6.02.